The maximum atomic E-state index is 9.24. The van der Waals surface area contributed by atoms with Gasteiger partial charge in [-0.3, -0.25) is 0 Å². The van der Waals surface area contributed by atoms with Gasteiger partial charge in [0.15, 0.2) is 0 Å². The van der Waals surface area contributed by atoms with E-state index in [1.165, 1.54) is 5.56 Å². The summed E-state index contributed by atoms with van der Waals surface area (Å²) in [5, 5.41) is 9.24. The van der Waals surface area contributed by atoms with Gasteiger partial charge in [0.1, 0.15) is 5.75 Å². The molecule has 0 saturated heterocycles. The molecule has 2 nitrogen and oxygen atoms in total. The van der Waals surface area contributed by atoms with Gasteiger partial charge in [-0.15, -0.1) is 0 Å². The molecule has 0 bridgehead atoms. The Hall–Kier alpha value is -1.02. The van der Waals surface area contributed by atoms with Crippen molar-refractivity contribution in [1.29, 1.82) is 0 Å². The van der Waals surface area contributed by atoms with Crippen molar-refractivity contribution in [3.05, 3.63) is 29.3 Å². The van der Waals surface area contributed by atoms with Gasteiger partial charge in [0.2, 0.25) is 0 Å². The van der Waals surface area contributed by atoms with Crippen LogP contribution in [0.1, 0.15) is 11.1 Å². The zero-order valence-corrected chi connectivity index (χ0v) is 7.50. The highest BCUT2D eigenvalue weighted by Gasteiger charge is 1.97. The Morgan fingerprint density at radius 3 is 2.75 bits per heavy atom. The average Bonchev–Trinajstić information content (AvgIpc) is 2.07. The minimum atomic E-state index is 0.358. The number of phenols is 1. The normalized spacial score (nSPS) is 10.2. The molecule has 0 unspecified atom stereocenters. The lowest BCUT2D eigenvalue weighted by atomic mass is 10.1. The fourth-order valence-corrected chi connectivity index (χ4v) is 1.09. The second kappa shape index (κ2) is 4.12. The Morgan fingerprint density at radius 1 is 1.42 bits per heavy atom. The zero-order valence-electron chi connectivity index (χ0n) is 7.50. The first-order chi connectivity index (χ1) is 5.74. The molecule has 0 saturated carbocycles. The molecule has 0 heterocycles. The molecule has 0 aliphatic carbocycles. The van der Waals surface area contributed by atoms with E-state index in [2.05, 4.69) is 0 Å². The number of benzene rings is 1. The number of aryl methyl sites for hydroxylation is 1. The number of phenolic OH excluding ortho intramolecular Hbond substituents is 1. The Bertz CT molecular complexity index is 256. The van der Waals surface area contributed by atoms with Crippen LogP contribution < -0.4 is 0 Å². The van der Waals surface area contributed by atoms with Crippen LogP contribution in [-0.2, 0) is 11.2 Å². The van der Waals surface area contributed by atoms with E-state index in [4.69, 9.17) is 4.74 Å². The molecule has 1 rings (SSSR count). The Labute approximate surface area is 72.8 Å². The third-order valence-corrected chi connectivity index (χ3v) is 1.86. The Morgan fingerprint density at radius 2 is 2.17 bits per heavy atom. The number of methoxy groups -OCH3 is 1. The van der Waals surface area contributed by atoms with E-state index in [-0.39, 0.29) is 0 Å². The van der Waals surface area contributed by atoms with Gasteiger partial charge in [0.25, 0.3) is 0 Å². The van der Waals surface area contributed by atoms with Crippen LogP contribution in [0.4, 0.5) is 0 Å². The van der Waals surface area contributed by atoms with E-state index >= 15 is 0 Å². The van der Waals surface area contributed by atoms with Crippen LogP contribution in [0.2, 0.25) is 0 Å². The first-order valence-corrected chi connectivity index (χ1v) is 4.01. The summed E-state index contributed by atoms with van der Waals surface area (Å²) in [6.07, 6.45) is 0.900. The molecule has 1 aromatic rings. The quantitative estimate of drug-likeness (QED) is 0.743. The van der Waals surface area contributed by atoms with Crippen molar-refractivity contribution in [2.75, 3.05) is 13.7 Å². The van der Waals surface area contributed by atoms with Gasteiger partial charge in [-0.25, -0.2) is 0 Å². The average molecular weight is 166 g/mol. The van der Waals surface area contributed by atoms with Crippen LogP contribution in [0.15, 0.2) is 18.2 Å². The smallest absolute Gasteiger partial charge is 0.118 e. The summed E-state index contributed by atoms with van der Waals surface area (Å²) in [5.41, 5.74) is 2.12. The lowest BCUT2D eigenvalue weighted by Crippen LogP contribution is -1.94. The second-order valence-corrected chi connectivity index (χ2v) is 2.86. The molecule has 66 valence electrons. The zero-order chi connectivity index (χ0) is 8.97. The molecule has 0 radical (unpaired) electrons. The minimum absolute atomic E-state index is 0.358. The third-order valence-electron chi connectivity index (χ3n) is 1.86. The molecule has 1 N–H and O–H groups in total. The topological polar surface area (TPSA) is 29.5 Å². The van der Waals surface area contributed by atoms with Crippen LogP contribution in [-0.4, -0.2) is 18.8 Å². The number of ether oxygens (including phenoxy) is 1. The maximum absolute atomic E-state index is 9.24. The predicted molar refractivity (Wildman–Crippen MR) is 48.4 cm³/mol. The molecular weight excluding hydrogens is 152 g/mol. The number of hydrogen-bond donors (Lipinski definition) is 1. The van der Waals surface area contributed by atoms with Gasteiger partial charge in [-0.2, -0.15) is 0 Å². The summed E-state index contributed by atoms with van der Waals surface area (Å²) < 4.78 is 4.95. The van der Waals surface area contributed by atoms with Crippen LogP contribution in [0, 0.1) is 6.92 Å². The molecule has 0 aliphatic rings. The summed E-state index contributed by atoms with van der Waals surface area (Å²) in [4.78, 5) is 0. The van der Waals surface area contributed by atoms with Crippen molar-refractivity contribution in [1.82, 2.24) is 0 Å². The summed E-state index contributed by atoms with van der Waals surface area (Å²) in [7, 11) is 1.69. The van der Waals surface area contributed by atoms with Gasteiger partial charge >= 0.3 is 0 Å². The van der Waals surface area contributed by atoms with E-state index < -0.39 is 0 Å². The van der Waals surface area contributed by atoms with Gasteiger partial charge in [-0.1, -0.05) is 12.1 Å². The highest BCUT2D eigenvalue weighted by molar-refractivity contribution is 5.34. The second-order valence-electron chi connectivity index (χ2n) is 2.86. The van der Waals surface area contributed by atoms with Gasteiger partial charge in [0.05, 0.1) is 6.61 Å². The largest absolute Gasteiger partial charge is 0.508 e. The number of hydrogen-bond acceptors (Lipinski definition) is 2. The molecule has 0 atom stereocenters. The fourth-order valence-electron chi connectivity index (χ4n) is 1.09. The van der Waals surface area contributed by atoms with Crippen molar-refractivity contribution in [3.8, 4) is 5.75 Å². The van der Waals surface area contributed by atoms with Crippen molar-refractivity contribution in [2.45, 2.75) is 13.3 Å². The van der Waals surface area contributed by atoms with E-state index in [0.717, 1.165) is 18.6 Å². The van der Waals surface area contributed by atoms with Crippen molar-refractivity contribution in [2.24, 2.45) is 0 Å². The summed E-state index contributed by atoms with van der Waals surface area (Å²) in [6, 6.07) is 5.62. The van der Waals surface area contributed by atoms with Crippen LogP contribution in [0.25, 0.3) is 0 Å². The molecule has 12 heavy (non-hydrogen) atoms. The molecule has 0 aromatic heterocycles. The van der Waals surface area contributed by atoms with Gasteiger partial charge in [0, 0.05) is 7.11 Å². The van der Waals surface area contributed by atoms with E-state index in [9.17, 15) is 5.11 Å². The fraction of sp³-hybridized carbons (Fsp3) is 0.400. The Kier molecular flexibility index (Phi) is 3.11. The third kappa shape index (κ3) is 2.24. The van der Waals surface area contributed by atoms with Crippen LogP contribution in [0.5, 0.6) is 5.75 Å². The first-order valence-electron chi connectivity index (χ1n) is 4.01. The van der Waals surface area contributed by atoms with Gasteiger partial charge < -0.3 is 9.84 Å². The number of rotatable bonds is 3. The molecule has 2 heteroatoms. The minimum Gasteiger partial charge on any atom is -0.508 e. The van der Waals surface area contributed by atoms with Crippen LogP contribution >= 0.6 is 0 Å². The SMILES string of the molecule is COCCc1ccc(O)c(C)c1. The highest BCUT2D eigenvalue weighted by Crippen LogP contribution is 2.16. The van der Waals surface area contributed by atoms with Crippen molar-refractivity contribution < 1.29 is 9.84 Å². The van der Waals surface area contributed by atoms with Crippen molar-refractivity contribution in [3.63, 3.8) is 0 Å². The standard InChI is InChI=1S/C10H14O2/c1-8-7-9(5-6-12-2)3-4-10(8)11/h3-4,7,11H,5-6H2,1-2H3. The molecule has 0 fully saturated rings. The van der Waals surface area contributed by atoms with Gasteiger partial charge in [-0.05, 0) is 30.5 Å². The summed E-state index contributed by atoms with van der Waals surface area (Å²) >= 11 is 0. The molecule has 1 aromatic carbocycles. The van der Waals surface area contributed by atoms with Crippen molar-refractivity contribution >= 4 is 0 Å². The van der Waals surface area contributed by atoms with Crippen LogP contribution in [0.3, 0.4) is 0 Å². The summed E-state index contributed by atoms with van der Waals surface area (Å²) in [5.74, 6) is 0.358. The number of aromatic hydroxyl groups is 1. The van der Waals surface area contributed by atoms with E-state index in [1.807, 2.05) is 19.1 Å². The maximum Gasteiger partial charge on any atom is 0.118 e. The van der Waals surface area contributed by atoms with E-state index in [1.54, 1.807) is 13.2 Å². The van der Waals surface area contributed by atoms with E-state index in [0.29, 0.717) is 5.75 Å². The molecule has 0 spiro atoms. The highest BCUT2D eigenvalue weighted by atomic mass is 16.5. The molecular formula is C10H14O2. The lowest BCUT2D eigenvalue weighted by molar-refractivity contribution is 0.202. The Balaban J connectivity index is 2.69. The predicted octanol–water partition coefficient (Wildman–Crippen LogP) is 1.89. The molecule has 0 aliphatic heterocycles. The molecule has 0 amide bonds. The lowest BCUT2D eigenvalue weighted by Gasteiger charge is -2.03. The summed E-state index contributed by atoms with van der Waals surface area (Å²) in [6.45, 7) is 2.62. The monoisotopic (exact) mass is 166 g/mol. The first kappa shape index (κ1) is 9.07.